The lowest BCUT2D eigenvalue weighted by Gasteiger charge is -2.13. The number of hydrogen-bond acceptors (Lipinski definition) is 2. The molecule has 4 heteroatoms. The second kappa shape index (κ2) is 6.75. The van der Waals surface area contributed by atoms with Crippen LogP contribution in [-0.2, 0) is 6.42 Å². The van der Waals surface area contributed by atoms with Crippen molar-refractivity contribution < 1.29 is 9.21 Å². The van der Waals surface area contributed by atoms with E-state index in [0.717, 1.165) is 22.2 Å². The number of aryl methyl sites for hydroxylation is 1. The first-order chi connectivity index (χ1) is 9.15. The van der Waals surface area contributed by atoms with Gasteiger partial charge in [0.15, 0.2) is 0 Å². The van der Waals surface area contributed by atoms with Gasteiger partial charge in [-0.3, -0.25) is 4.79 Å². The van der Waals surface area contributed by atoms with Crippen molar-refractivity contribution in [3.05, 3.63) is 57.6 Å². The number of furan rings is 1. The zero-order chi connectivity index (χ0) is 13.7. The minimum Gasteiger partial charge on any atom is -0.469 e. The molecule has 1 aromatic carbocycles. The fourth-order valence-corrected chi connectivity index (χ4v) is 2.37. The first-order valence-corrected chi connectivity index (χ1v) is 7.32. The Bertz CT molecular complexity index is 537. The molecular formula is C15H16INO2. The van der Waals surface area contributed by atoms with E-state index in [0.29, 0.717) is 5.56 Å². The van der Waals surface area contributed by atoms with Crippen molar-refractivity contribution in [1.29, 1.82) is 0 Å². The smallest absolute Gasteiger partial charge is 0.251 e. The molecule has 2 aromatic rings. The van der Waals surface area contributed by atoms with Gasteiger partial charge in [0.25, 0.3) is 5.91 Å². The lowest BCUT2D eigenvalue weighted by atomic mass is 10.1. The molecule has 0 saturated carbocycles. The van der Waals surface area contributed by atoms with E-state index in [9.17, 15) is 4.79 Å². The second-order valence-corrected chi connectivity index (χ2v) is 5.75. The Morgan fingerprint density at radius 3 is 2.89 bits per heavy atom. The van der Waals surface area contributed by atoms with Crippen LogP contribution in [0, 0.1) is 3.57 Å². The summed E-state index contributed by atoms with van der Waals surface area (Å²) >= 11 is 2.20. The van der Waals surface area contributed by atoms with Gasteiger partial charge in [0.1, 0.15) is 5.76 Å². The predicted octanol–water partition coefficient (Wildman–Crippen LogP) is 3.64. The summed E-state index contributed by atoms with van der Waals surface area (Å²) in [5.74, 6) is 0.931. The lowest BCUT2D eigenvalue weighted by Crippen LogP contribution is -2.32. The largest absolute Gasteiger partial charge is 0.469 e. The first kappa shape index (κ1) is 14.1. The van der Waals surface area contributed by atoms with E-state index >= 15 is 0 Å². The zero-order valence-electron chi connectivity index (χ0n) is 10.7. The van der Waals surface area contributed by atoms with Gasteiger partial charge in [0, 0.05) is 21.6 Å². The van der Waals surface area contributed by atoms with Crippen molar-refractivity contribution >= 4 is 28.5 Å². The molecule has 1 amide bonds. The Kier molecular flexibility index (Phi) is 5.01. The molecule has 0 fully saturated rings. The molecule has 0 bridgehead atoms. The average molecular weight is 369 g/mol. The van der Waals surface area contributed by atoms with Crippen molar-refractivity contribution in [2.75, 3.05) is 0 Å². The summed E-state index contributed by atoms with van der Waals surface area (Å²) in [5, 5.41) is 3.00. The van der Waals surface area contributed by atoms with Crippen LogP contribution in [0.15, 0.2) is 47.1 Å². The lowest BCUT2D eigenvalue weighted by molar-refractivity contribution is 0.0938. The summed E-state index contributed by atoms with van der Waals surface area (Å²) in [5.41, 5.74) is 0.705. The summed E-state index contributed by atoms with van der Waals surface area (Å²) in [4.78, 5) is 12.0. The monoisotopic (exact) mass is 369 g/mol. The highest BCUT2D eigenvalue weighted by Crippen LogP contribution is 2.09. The molecule has 2 rings (SSSR count). The minimum absolute atomic E-state index is 0.0227. The number of halogens is 1. The van der Waals surface area contributed by atoms with Crippen LogP contribution in [0.3, 0.4) is 0 Å². The number of carbonyl (C=O) groups excluding carboxylic acids is 1. The van der Waals surface area contributed by atoms with E-state index in [4.69, 9.17) is 4.42 Å². The van der Waals surface area contributed by atoms with Crippen molar-refractivity contribution in [2.24, 2.45) is 0 Å². The van der Waals surface area contributed by atoms with Crippen LogP contribution >= 0.6 is 22.6 Å². The predicted molar refractivity (Wildman–Crippen MR) is 83.1 cm³/mol. The van der Waals surface area contributed by atoms with Crippen molar-refractivity contribution in [3.63, 3.8) is 0 Å². The molecule has 1 unspecified atom stereocenters. The molecular weight excluding hydrogens is 353 g/mol. The van der Waals surface area contributed by atoms with Gasteiger partial charge in [-0.05, 0) is 66.3 Å². The molecule has 19 heavy (non-hydrogen) atoms. The van der Waals surface area contributed by atoms with Crippen molar-refractivity contribution in [1.82, 2.24) is 5.32 Å². The highest BCUT2D eigenvalue weighted by Gasteiger charge is 2.10. The number of rotatable bonds is 5. The van der Waals surface area contributed by atoms with E-state index in [-0.39, 0.29) is 11.9 Å². The van der Waals surface area contributed by atoms with Gasteiger partial charge in [0.2, 0.25) is 0 Å². The Morgan fingerprint density at radius 2 is 2.21 bits per heavy atom. The molecule has 1 N–H and O–H groups in total. The van der Waals surface area contributed by atoms with Gasteiger partial charge < -0.3 is 9.73 Å². The number of nitrogens with one attached hydrogen (secondary N) is 1. The van der Waals surface area contributed by atoms with Gasteiger partial charge >= 0.3 is 0 Å². The van der Waals surface area contributed by atoms with Gasteiger partial charge in [0.05, 0.1) is 6.26 Å². The van der Waals surface area contributed by atoms with E-state index in [2.05, 4.69) is 27.9 Å². The van der Waals surface area contributed by atoms with Crippen LogP contribution < -0.4 is 5.32 Å². The molecule has 0 aliphatic carbocycles. The third kappa shape index (κ3) is 4.38. The Hall–Kier alpha value is -1.30. The summed E-state index contributed by atoms with van der Waals surface area (Å²) in [6.07, 6.45) is 3.37. The van der Waals surface area contributed by atoms with Crippen molar-refractivity contribution in [2.45, 2.75) is 25.8 Å². The van der Waals surface area contributed by atoms with Crippen LogP contribution in [0.5, 0.6) is 0 Å². The zero-order valence-corrected chi connectivity index (χ0v) is 12.9. The molecule has 0 aliphatic rings. The Morgan fingerprint density at radius 1 is 1.37 bits per heavy atom. The maximum Gasteiger partial charge on any atom is 0.251 e. The summed E-state index contributed by atoms with van der Waals surface area (Å²) in [6.45, 7) is 2.01. The SMILES string of the molecule is CC(CCc1ccco1)NC(=O)c1cccc(I)c1. The number of hydrogen-bond donors (Lipinski definition) is 1. The summed E-state index contributed by atoms with van der Waals surface area (Å²) in [6, 6.07) is 11.5. The molecule has 0 saturated heterocycles. The third-order valence-electron chi connectivity index (χ3n) is 2.87. The quantitative estimate of drug-likeness (QED) is 0.818. The van der Waals surface area contributed by atoms with Crippen molar-refractivity contribution in [3.8, 4) is 0 Å². The van der Waals surface area contributed by atoms with E-state index in [1.54, 1.807) is 6.26 Å². The third-order valence-corrected chi connectivity index (χ3v) is 3.54. The number of carbonyl (C=O) groups is 1. The molecule has 1 aromatic heterocycles. The molecule has 100 valence electrons. The average Bonchev–Trinajstić information content (AvgIpc) is 2.89. The van der Waals surface area contributed by atoms with E-state index in [1.165, 1.54) is 0 Å². The summed E-state index contributed by atoms with van der Waals surface area (Å²) in [7, 11) is 0. The van der Waals surface area contributed by atoms with Gasteiger partial charge in [-0.25, -0.2) is 0 Å². The molecule has 0 spiro atoms. The van der Waals surface area contributed by atoms with Crippen LogP contribution in [0.2, 0.25) is 0 Å². The van der Waals surface area contributed by atoms with Gasteiger partial charge in [-0.15, -0.1) is 0 Å². The van der Waals surface area contributed by atoms with Crippen LogP contribution in [-0.4, -0.2) is 11.9 Å². The minimum atomic E-state index is -0.0227. The fourth-order valence-electron chi connectivity index (χ4n) is 1.82. The van der Waals surface area contributed by atoms with Gasteiger partial charge in [-0.2, -0.15) is 0 Å². The molecule has 1 heterocycles. The molecule has 3 nitrogen and oxygen atoms in total. The van der Waals surface area contributed by atoms with E-state index in [1.807, 2.05) is 43.3 Å². The summed E-state index contributed by atoms with van der Waals surface area (Å²) < 4.78 is 6.34. The van der Waals surface area contributed by atoms with Crippen LogP contribution in [0.25, 0.3) is 0 Å². The Balaban J connectivity index is 1.84. The van der Waals surface area contributed by atoms with Crippen LogP contribution in [0.1, 0.15) is 29.5 Å². The highest BCUT2D eigenvalue weighted by molar-refractivity contribution is 14.1. The van der Waals surface area contributed by atoms with Gasteiger partial charge in [-0.1, -0.05) is 6.07 Å². The molecule has 0 aliphatic heterocycles. The Labute approximate surface area is 126 Å². The standard InChI is InChI=1S/C15H16INO2/c1-11(7-8-14-6-3-9-19-14)17-15(18)12-4-2-5-13(16)10-12/h2-6,9-11H,7-8H2,1H3,(H,17,18). The first-order valence-electron chi connectivity index (χ1n) is 6.24. The number of amides is 1. The van der Waals surface area contributed by atoms with Crippen LogP contribution in [0.4, 0.5) is 0 Å². The highest BCUT2D eigenvalue weighted by atomic mass is 127. The molecule has 1 atom stereocenters. The number of benzene rings is 1. The maximum absolute atomic E-state index is 12.0. The topological polar surface area (TPSA) is 42.2 Å². The second-order valence-electron chi connectivity index (χ2n) is 4.50. The molecule has 0 radical (unpaired) electrons. The van der Waals surface area contributed by atoms with E-state index < -0.39 is 0 Å². The maximum atomic E-state index is 12.0. The fraction of sp³-hybridized carbons (Fsp3) is 0.267. The normalized spacial score (nSPS) is 12.1.